The summed E-state index contributed by atoms with van der Waals surface area (Å²) in [5.74, 6) is 0.538. The zero-order valence-electron chi connectivity index (χ0n) is 17.6. The second kappa shape index (κ2) is 11.3. The zero-order valence-corrected chi connectivity index (χ0v) is 17.6. The number of nitrogens with zero attached hydrogens (tertiary/aromatic N) is 2. The average Bonchev–Trinajstić information content (AvgIpc) is 3.12. The van der Waals surface area contributed by atoms with Gasteiger partial charge < -0.3 is 26.4 Å². The maximum Gasteiger partial charge on any atom is 0.176 e. The first-order valence-electron chi connectivity index (χ1n) is 9.72. The number of benzene rings is 2. The molecule has 0 atom stereocenters. The number of hydrogen-bond acceptors (Lipinski definition) is 6. The molecule has 0 unspecified atom stereocenters. The average molecular weight is 408 g/mol. The molecule has 0 amide bonds. The lowest BCUT2D eigenvalue weighted by atomic mass is 10.1. The highest BCUT2D eigenvalue weighted by Gasteiger charge is 2.12. The number of aldehydes is 1. The van der Waals surface area contributed by atoms with Crippen molar-refractivity contribution in [3.63, 3.8) is 0 Å². The Morgan fingerprint density at radius 3 is 2.37 bits per heavy atom. The molecule has 0 saturated heterocycles. The molecule has 0 saturated carbocycles. The molecular formula is C23H29N5O2. The molecule has 0 spiro atoms. The molecule has 0 aliphatic rings. The monoisotopic (exact) mass is 407 g/mol. The van der Waals surface area contributed by atoms with E-state index in [4.69, 9.17) is 5.73 Å². The summed E-state index contributed by atoms with van der Waals surface area (Å²) in [5, 5.41) is 16.4. The van der Waals surface area contributed by atoms with Crippen LogP contribution in [0.25, 0.3) is 22.4 Å². The highest BCUT2D eigenvalue weighted by Crippen LogP contribution is 2.26. The van der Waals surface area contributed by atoms with Gasteiger partial charge in [0.1, 0.15) is 11.8 Å². The lowest BCUT2D eigenvalue weighted by Gasteiger charge is -2.03. The molecule has 0 aliphatic heterocycles. The number of hydrogen-bond donors (Lipinski definition) is 4. The highest BCUT2D eigenvalue weighted by atomic mass is 16.5. The second-order valence-electron chi connectivity index (χ2n) is 6.47. The Morgan fingerprint density at radius 2 is 1.80 bits per heavy atom. The van der Waals surface area contributed by atoms with Crippen LogP contribution in [0.1, 0.15) is 19.8 Å². The summed E-state index contributed by atoms with van der Waals surface area (Å²) in [6.07, 6.45) is 7.53. The molecule has 3 rings (SSSR count). The topological polar surface area (TPSA) is 105 Å². The first kappa shape index (κ1) is 22.5. The molecule has 0 radical (unpaired) electrons. The van der Waals surface area contributed by atoms with E-state index in [-0.39, 0.29) is 0 Å². The van der Waals surface area contributed by atoms with Gasteiger partial charge in [-0.3, -0.25) is 0 Å². The number of allylic oxidation sites excluding steroid dienone is 3. The predicted octanol–water partition coefficient (Wildman–Crippen LogP) is 4.41. The SMILES string of the molecule is C/C=C\C(=C/N)CCC=O.CNc1ccc(-c2nc3ccc(NC)cc3n2O)cc1. The second-order valence-corrected chi connectivity index (χ2v) is 6.47. The lowest BCUT2D eigenvalue weighted by Crippen LogP contribution is -1.95. The molecule has 1 heterocycles. The predicted molar refractivity (Wildman–Crippen MR) is 124 cm³/mol. The number of nitrogens with two attached hydrogens (primary N) is 1. The van der Waals surface area contributed by atoms with Gasteiger partial charge in [0.25, 0.3) is 0 Å². The van der Waals surface area contributed by atoms with Crippen LogP contribution in [0.5, 0.6) is 0 Å². The molecule has 0 aliphatic carbocycles. The van der Waals surface area contributed by atoms with Crippen LogP contribution in [0, 0.1) is 0 Å². The van der Waals surface area contributed by atoms with Crippen molar-refractivity contribution in [2.75, 3.05) is 24.7 Å². The fourth-order valence-corrected chi connectivity index (χ4v) is 2.85. The van der Waals surface area contributed by atoms with Gasteiger partial charge in [-0.05, 0) is 67.6 Å². The molecule has 30 heavy (non-hydrogen) atoms. The van der Waals surface area contributed by atoms with Gasteiger partial charge in [-0.25, -0.2) is 4.98 Å². The van der Waals surface area contributed by atoms with E-state index in [0.717, 1.165) is 45.5 Å². The van der Waals surface area contributed by atoms with E-state index in [9.17, 15) is 10.0 Å². The minimum Gasteiger partial charge on any atom is -0.426 e. The van der Waals surface area contributed by atoms with E-state index in [0.29, 0.717) is 17.8 Å². The third kappa shape index (κ3) is 5.64. The van der Waals surface area contributed by atoms with E-state index in [1.54, 1.807) is 0 Å². The Balaban J connectivity index is 0.000000274. The number of carbonyl (C=O) groups excluding carboxylic acids is 1. The van der Waals surface area contributed by atoms with Crippen molar-refractivity contribution in [3.8, 4) is 11.4 Å². The number of anilines is 2. The summed E-state index contributed by atoms with van der Waals surface area (Å²) in [6, 6.07) is 13.5. The fourth-order valence-electron chi connectivity index (χ4n) is 2.85. The molecule has 5 N–H and O–H groups in total. The third-order valence-electron chi connectivity index (χ3n) is 4.50. The van der Waals surface area contributed by atoms with Crippen molar-refractivity contribution in [2.24, 2.45) is 5.73 Å². The summed E-state index contributed by atoms with van der Waals surface area (Å²) >= 11 is 0. The summed E-state index contributed by atoms with van der Waals surface area (Å²) in [5.41, 5.74) is 10.6. The minimum atomic E-state index is 0.538. The van der Waals surface area contributed by atoms with Crippen LogP contribution in [0.15, 0.2) is 66.4 Å². The molecule has 3 aromatic rings. The zero-order chi connectivity index (χ0) is 21.9. The Hall–Kier alpha value is -3.74. The van der Waals surface area contributed by atoms with Gasteiger partial charge in [0.05, 0.1) is 5.52 Å². The molecule has 158 valence electrons. The van der Waals surface area contributed by atoms with E-state index < -0.39 is 0 Å². The van der Waals surface area contributed by atoms with Crippen LogP contribution in [0.4, 0.5) is 11.4 Å². The largest absolute Gasteiger partial charge is 0.426 e. The first-order chi connectivity index (χ1) is 14.6. The summed E-state index contributed by atoms with van der Waals surface area (Å²) in [7, 11) is 3.71. The molecule has 7 heteroatoms. The smallest absolute Gasteiger partial charge is 0.176 e. The summed E-state index contributed by atoms with van der Waals surface area (Å²) in [4.78, 5) is 14.4. The molecular weight excluding hydrogens is 378 g/mol. The van der Waals surface area contributed by atoms with Gasteiger partial charge in [-0.15, -0.1) is 0 Å². The van der Waals surface area contributed by atoms with Crippen LogP contribution >= 0.6 is 0 Å². The van der Waals surface area contributed by atoms with Crippen LogP contribution in [0.2, 0.25) is 0 Å². The summed E-state index contributed by atoms with van der Waals surface area (Å²) < 4.78 is 1.13. The van der Waals surface area contributed by atoms with E-state index in [1.165, 1.54) is 6.20 Å². The van der Waals surface area contributed by atoms with Crippen LogP contribution in [0.3, 0.4) is 0 Å². The number of nitrogens with one attached hydrogen (secondary N) is 2. The maximum absolute atomic E-state index is 10.3. The van der Waals surface area contributed by atoms with E-state index in [1.807, 2.05) is 75.6 Å². The standard InChI is InChI=1S/C15H16N4O.C8H13NO/c1-16-11-5-3-10(4-6-11)15-18-13-8-7-12(17-2)9-14(13)19(15)20;1-2-4-8(7-9)5-3-6-10/h3-9,16-17,20H,1-2H3;2,4,6-7H,3,5,9H2,1H3/b;4-2-,8-7+. The van der Waals surface area contributed by atoms with Crippen molar-refractivity contribution < 1.29 is 10.0 Å². The number of aromatic nitrogens is 2. The van der Waals surface area contributed by atoms with Gasteiger partial charge in [0.15, 0.2) is 5.82 Å². The molecule has 1 aromatic heterocycles. The van der Waals surface area contributed by atoms with Crippen LogP contribution < -0.4 is 16.4 Å². The van der Waals surface area contributed by atoms with Crippen LogP contribution in [-0.2, 0) is 4.79 Å². The van der Waals surface area contributed by atoms with Gasteiger partial charge in [-0.1, -0.05) is 12.2 Å². The minimum absolute atomic E-state index is 0.538. The first-order valence-corrected chi connectivity index (χ1v) is 9.72. The fraction of sp³-hybridized carbons (Fsp3) is 0.217. The number of rotatable bonds is 7. The normalized spacial score (nSPS) is 11.2. The van der Waals surface area contributed by atoms with E-state index in [2.05, 4.69) is 15.6 Å². The molecule has 0 bridgehead atoms. The maximum atomic E-state index is 10.3. The highest BCUT2D eigenvalue weighted by molar-refractivity contribution is 5.83. The van der Waals surface area contributed by atoms with Crippen LogP contribution in [-0.4, -0.2) is 35.3 Å². The van der Waals surface area contributed by atoms with E-state index >= 15 is 0 Å². The number of carbonyl (C=O) groups is 1. The lowest BCUT2D eigenvalue weighted by molar-refractivity contribution is -0.107. The quantitative estimate of drug-likeness (QED) is 0.263. The summed E-state index contributed by atoms with van der Waals surface area (Å²) in [6.45, 7) is 1.92. The number of imidazole rings is 1. The van der Waals surface area contributed by atoms with Gasteiger partial charge in [0, 0.05) is 37.5 Å². The van der Waals surface area contributed by atoms with Gasteiger partial charge in [-0.2, -0.15) is 4.73 Å². The Morgan fingerprint density at radius 1 is 1.13 bits per heavy atom. The Labute approximate surface area is 176 Å². The van der Waals surface area contributed by atoms with Crippen molar-refractivity contribution in [1.29, 1.82) is 0 Å². The number of fused-ring (bicyclic) bond motifs is 1. The van der Waals surface area contributed by atoms with Crippen molar-refractivity contribution in [3.05, 3.63) is 66.4 Å². The van der Waals surface area contributed by atoms with Crippen molar-refractivity contribution >= 4 is 28.7 Å². The Bertz CT molecular complexity index is 1020. The van der Waals surface area contributed by atoms with Crippen molar-refractivity contribution in [2.45, 2.75) is 19.8 Å². The third-order valence-corrected chi connectivity index (χ3v) is 4.50. The molecule has 2 aromatic carbocycles. The van der Waals surface area contributed by atoms with Crippen molar-refractivity contribution in [1.82, 2.24) is 9.71 Å². The van der Waals surface area contributed by atoms with Gasteiger partial charge >= 0.3 is 0 Å². The molecule has 7 nitrogen and oxygen atoms in total. The molecule has 0 fully saturated rings. The Kier molecular flexibility index (Phi) is 8.50. The van der Waals surface area contributed by atoms with Gasteiger partial charge in [0.2, 0.25) is 0 Å².